The van der Waals surface area contributed by atoms with Crippen LogP contribution in [0.2, 0.25) is 0 Å². The first-order chi connectivity index (χ1) is 13.2. The second kappa shape index (κ2) is 7.34. The van der Waals surface area contributed by atoms with Crippen LogP contribution in [0.3, 0.4) is 0 Å². The minimum atomic E-state index is -1.09. The van der Waals surface area contributed by atoms with Gasteiger partial charge in [-0.25, -0.2) is 4.79 Å². The summed E-state index contributed by atoms with van der Waals surface area (Å²) in [6.45, 7) is 7.19. The number of rotatable bonds is 4. The average molecular weight is 382 g/mol. The monoisotopic (exact) mass is 382 g/mol. The molecule has 0 radical (unpaired) electrons. The van der Waals surface area contributed by atoms with E-state index < -0.39 is 12.1 Å². The Labute approximate surface area is 162 Å². The number of hydrogen-bond donors (Lipinski definition) is 2. The summed E-state index contributed by atoms with van der Waals surface area (Å²) in [5.41, 5.74) is 4.15. The Morgan fingerprint density at radius 3 is 2.39 bits per heavy atom. The largest absolute Gasteiger partial charge is 0.479 e. The molecule has 1 heterocycles. The highest BCUT2D eigenvalue weighted by atomic mass is 16.5. The molecule has 28 heavy (non-hydrogen) atoms. The van der Waals surface area contributed by atoms with Gasteiger partial charge < -0.3 is 15.2 Å². The number of carbonyl (C=O) groups excluding carboxylic acids is 2. The summed E-state index contributed by atoms with van der Waals surface area (Å²) >= 11 is 0. The van der Waals surface area contributed by atoms with Gasteiger partial charge in [0, 0.05) is 5.69 Å². The van der Waals surface area contributed by atoms with Crippen LogP contribution in [0, 0.1) is 20.8 Å². The number of carboxylic acids is 1. The maximum absolute atomic E-state index is 12.7. The van der Waals surface area contributed by atoms with E-state index in [1.165, 1.54) is 23.1 Å². The number of amides is 2. The summed E-state index contributed by atoms with van der Waals surface area (Å²) in [6.07, 6.45) is -0.813. The minimum Gasteiger partial charge on any atom is -0.479 e. The van der Waals surface area contributed by atoms with Crippen molar-refractivity contribution in [3.63, 3.8) is 0 Å². The number of aryl methyl sites for hydroxylation is 3. The lowest BCUT2D eigenvalue weighted by molar-refractivity contribution is -0.127. The molecule has 0 fully saturated rings. The van der Waals surface area contributed by atoms with Crippen LogP contribution in [0.5, 0.6) is 5.75 Å². The minimum absolute atomic E-state index is 0.0515. The third-order valence-electron chi connectivity index (χ3n) is 4.66. The Balaban J connectivity index is 1.87. The van der Waals surface area contributed by atoms with Crippen molar-refractivity contribution in [1.82, 2.24) is 0 Å². The highest BCUT2D eigenvalue weighted by molar-refractivity contribution is 6.06. The van der Waals surface area contributed by atoms with Crippen molar-refractivity contribution in [3.05, 3.63) is 52.6 Å². The molecule has 0 aliphatic carbocycles. The van der Waals surface area contributed by atoms with Crippen molar-refractivity contribution in [1.29, 1.82) is 0 Å². The first-order valence-electron chi connectivity index (χ1n) is 8.90. The molecular weight excluding hydrogens is 360 g/mol. The van der Waals surface area contributed by atoms with Crippen LogP contribution >= 0.6 is 0 Å². The lowest BCUT2D eigenvalue weighted by Gasteiger charge is -2.32. The summed E-state index contributed by atoms with van der Waals surface area (Å²) in [5, 5.41) is 12.0. The van der Waals surface area contributed by atoms with Gasteiger partial charge in [0.1, 0.15) is 12.3 Å². The molecule has 0 spiro atoms. The van der Waals surface area contributed by atoms with Gasteiger partial charge in [-0.15, -0.1) is 0 Å². The maximum atomic E-state index is 12.7. The second-order valence-corrected chi connectivity index (χ2v) is 6.99. The van der Waals surface area contributed by atoms with Crippen LogP contribution < -0.4 is 15.0 Å². The fourth-order valence-corrected chi connectivity index (χ4v) is 3.41. The average Bonchev–Trinajstić information content (AvgIpc) is 2.61. The molecular formula is C21H22N2O5. The number of carbonyl (C=O) groups is 3. The van der Waals surface area contributed by atoms with Crippen molar-refractivity contribution >= 4 is 29.2 Å². The Morgan fingerprint density at radius 2 is 1.79 bits per heavy atom. The number of nitrogens with zero attached hydrogens (tertiary/aromatic N) is 1. The second-order valence-electron chi connectivity index (χ2n) is 6.99. The molecule has 0 saturated carbocycles. The molecule has 7 nitrogen and oxygen atoms in total. The van der Waals surface area contributed by atoms with Crippen LogP contribution in [-0.4, -0.2) is 35.5 Å². The number of benzene rings is 2. The molecule has 2 aromatic carbocycles. The van der Waals surface area contributed by atoms with Gasteiger partial charge in [0.25, 0.3) is 5.91 Å². The molecule has 2 N–H and O–H groups in total. The SMILES string of the molecule is Cc1cc(C)c(NC(=O)CN2C(=O)C(C)Oc3cc(C(=O)O)ccc32)c(C)c1. The highest BCUT2D eigenvalue weighted by Gasteiger charge is 2.33. The quantitative estimate of drug-likeness (QED) is 0.847. The van der Waals surface area contributed by atoms with Crippen molar-refractivity contribution in [2.24, 2.45) is 0 Å². The van der Waals surface area contributed by atoms with Gasteiger partial charge in [-0.05, 0) is 57.0 Å². The van der Waals surface area contributed by atoms with Crippen molar-refractivity contribution in [2.45, 2.75) is 33.8 Å². The molecule has 0 aromatic heterocycles. The first kappa shape index (κ1) is 19.4. The van der Waals surface area contributed by atoms with E-state index in [2.05, 4.69) is 5.32 Å². The summed E-state index contributed by atoms with van der Waals surface area (Å²) in [6, 6.07) is 8.19. The van der Waals surface area contributed by atoms with Gasteiger partial charge in [-0.3, -0.25) is 14.5 Å². The van der Waals surface area contributed by atoms with Crippen LogP contribution in [0.4, 0.5) is 11.4 Å². The van der Waals surface area contributed by atoms with Gasteiger partial charge in [-0.2, -0.15) is 0 Å². The Kier molecular flexibility index (Phi) is 5.09. The van der Waals surface area contributed by atoms with Crippen LogP contribution in [0.15, 0.2) is 30.3 Å². The molecule has 0 bridgehead atoms. The topological polar surface area (TPSA) is 95.9 Å². The predicted molar refractivity (Wildman–Crippen MR) is 105 cm³/mol. The third kappa shape index (κ3) is 3.69. The van der Waals surface area contributed by atoms with Crippen LogP contribution in [0.1, 0.15) is 34.0 Å². The standard InChI is InChI=1S/C21H22N2O5/c1-11-7-12(2)19(13(3)8-11)22-18(24)10-23-16-6-5-15(21(26)27)9-17(16)28-14(4)20(23)25/h5-9,14H,10H2,1-4H3,(H,22,24)(H,26,27). The number of anilines is 2. The summed E-state index contributed by atoms with van der Waals surface area (Å²) in [4.78, 5) is 37.8. The first-order valence-corrected chi connectivity index (χ1v) is 8.90. The molecule has 3 rings (SSSR count). The van der Waals surface area contributed by atoms with Crippen LogP contribution in [-0.2, 0) is 9.59 Å². The summed E-state index contributed by atoms with van der Waals surface area (Å²) in [5.74, 6) is -1.53. The van der Waals surface area contributed by atoms with E-state index in [9.17, 15) is 14.4 Å². The number of nitrogens with one attached hydrogen (secondary N) is 1. The van der Waals surface area contributed by atoms with E-state index in [0.29, 0.717) is 5.69 Å². The number of carboxylic acid groups (broad SMARTS) is 1. The predicted octanol–water partition coefficient (Wildman–Crippen LogP) is 3.06. The van der Waals surface area contributed by atoms with Gasteiger partial charge in [-0.1, -0.05) is 17.7 Å². The zero-order valence-electron chi connectivity index (χ0n) is 16.2. The molecule has 2 aromatic rings. The van der Waals surface area contributed by atoms with E-state index in [-0.39, 0.29) is 29.7 Å². The smallest absolute Gasteiger partial charge is 0.335 e. The van der Waals surface area contributed by atoms with Crippen molar-refractivity contribution < 1.29 is 24.2 Å². The normalized spacial score (nSPS) is 15.6. The number of fused-ring (bicyclic) bond motifs is 1. The van der Waals surface area contributed by atoms with Gasteiger partial charge in [0.2, 0.25) is 5.91 Å². The van der Waals surface area contributed by atoms with Crippen molar-refractivity contribution in [2.75, 3.05) is 16.8 Å². The van der Waals surface area contributed by atoms with E-state index in [1.54, 1.807) is 6.92 Å². The van der Waals surface area contributed by atoms with Crippen LogP contribution in [0.25, 0.3) is 0 Å². The Morgan fingerprint density at radius 1 is 1.14 bits per heavy atom. The lowest BCUT2D eigenvalue weighted by atomic mass is 10.1. The molecule has 2 amide bonds. The molecule has 7 heteroatoms. The Hall–Kier alpha value is -3.35. The van der Waals surface area contributed by atoms with Gasteiger partial charge in [0.15, 0.2) is 6.10 Å². The molecule has 1 aliphatic rings. The van der Waals surface area contributed by atoms with E-state index in [1.807, 2.05) is 32.9 Å². The van der Waals surface area contributed by atoms with E-state index in [0.717, 1.165) is 22.4 Å². The zero-order valence-corrected chi connectivity index (χ0v) is 16.2. The van der Waals surface area contributed by atoms with Crippen molar-refractivity contribution in [3.8, 4) is 5.75 Å². The van der Waals surface area contributed by atoms with Gasteiger partial charge >= 0.3 is 5.97 Å². The zero-order chi connectivity index (χ0) is 20.6. The summed E-state index contributed by atoms with van der Waals surface area (Å²) < 4.78 is 5.53. The molecule has 1 unspecified atom stereocenters. The third-order valence-corrected chi connectivity index (χ3v) is 4.66. The lowest BCUT2D eigenvalue weighted by Crippen LogP contribution is -2.47. The molecule has 1 aliphatic heterocycles. The highest BCUT2D eigenvalue weighted by Crippen LogP contribution is 2.35. The number of hydrogen-bond acceptors (Lipinski definition) is 4. The summed E-state index contributed by atoms with van der Waals surface area (Å²) in [7, 11) is 0. The molecule has 0 saturated heterocycles. The molecule has 146 valence electrons. The van der Waals surface area contributed by atoms with E-state index >= 15 is 0 Å². The fourth-order valence-electron chi connectivity index (χ4n) is 3.41. The molecule has 1 atom stereocenters. The fraction of sp³-hybridized carbons (Fsp3) is 0.286. The van der Waals surface area contributed by atoms with E-state index in [4.69, 9.17) is 9.84 Å². The van der Waals surface area contributed by atoms with Gasteiger partial charge in [0.05, 0.1) is 11.3 Å². The number of aromatic carboxylic acids is 1. The maximum Gasteiger partial charge on any atom is 0.335 e. The number of ether oxygens (including phenoxy) is 1. The Bertz CT molecular complexity index is 960.